The number of methoxy groups -OCH3 is 1. The highest BCUT2D eigenvalue weighted by Gasteiger charge is 2.11. The average molecular weight is 385 g/mol. The fourth-order valence-corrected chi connectivity index (χ4v) is 2.98. The number of hydrogen-bond acceptors (Lipinski definition) is 6. The number of fused-ring (bicyclic) bond motifs is 1. The number of rotatable bonds is 6. The number of benzene rings is 3. The SMILES string of the molecule is COC(=O)COc1ccc(-c2nnc(Nc3ccccc3)c3ccccc23)cc1. The minimum absolute atomic E-state index is 0.127. The first kappa shape index (κ1) is 18.4. The first-order valence-corrected chi connectivity index (χ1v) is 9.12. The molecule has 0 aliphatic rings. The van der Waals surface area contributed by atoms with Crippen LogP contribution in [0.15, 0.2) is 78.9 Å². The maximum absolute atomic E-state index is 11.2. The Morgan fingerprint density at radius 3 is 2.28 bits per heavy atom. The number of carbonyl (C=O) groups excluding carboxylic acids is 1. The van der Waals surface area contributed by atoms with Gasteiger partial charge < -0.3 is 14.8 Å². The third-order valence-corrected chi connectivity index (χ3v) is 4.44. The lowest BCUT2D eigenvalue weighted by Gasteiger charge is -2.11. The monoisotopic (exact) mass is 385 g/mol. The van der Waals surface area contributed by atoms with Crippen molar-refractivity contribution in [2.75, 3.05) is 19.0 Å². The molecule has 0 aliphatic carbocycles. The van der Waals surface area contributed by atoms with Gasteiger partial charge in [-0.15, -0.1) is 10.2 Å². The van der Waals surface area contributed by atoms with Crippen LogP contribution in [0.5, 0.6) is 5.75 Å². The predicted octanol–water partition coefficient (Wildman–Crippen LogP) is 4.59. The third-order valence-electron chi connectivity index (χ3n) is 4.44. The second-order valence-corrected chi connectivity index (χ2v) is 6.32. The molecule has 6 heteroatoms. The minimum Gasteiger partial charge on any atom is -0.482 e. The molecule has 0 saturated heterocycles. The van der Waals surface area contributed by atoms with Gasteiger partial charge in [0, 0.05) is 22.0 Å². The molecular formula is C23H19N3O3. The van der Waals surface area contributed by atoms with Gasteiger partial charge in [-0.2, -0.15) is 0 Å². The van der Waals surface area contributed by atoms with Crippen molar-refractivity contribution in [2.24, 2.45) is 0 Å². The van der Waals surface area contributed by atoms with Crippen LogP contribution in [0.2, 0.25) is 0 Å². The van der Waals surface area contributed by atoms with Crippen LogP contribution in [0.1, 0.15) is 0 Å². The van der Waals surface area contributed by atoms with Gasteiger partial charge in [0.2, 0.25) is 0 Å². The van der Waals surface area contributed by atoms with Crippen LogP contribution < -0.4 is 10.1 Å². The van der Waals surface area contributed by atoms with Crippen LogP contribution in [0.25, 0.3) is 22.0 Å². The van der Waals surface area contributed by atoms with Crippen LogP contribution in [-0.2, 0) is 9.53 Å². The highest BCUT2D eigenvalue weighted by Crippen LogP contribution is 2.31. The van der Waals surface area contributed by atoms with Crippen molar-refractivity contribution < 1.29 is 14.3 Å². The summed E-state index contributed by atoms with van der Waals surface area (Å²) in [6.45, 7) is -0.127. The van der Waals surface area contributed by atoms with Crippen molar-refractivity contribution in [1.82, 2.24) is 10.2 Å². The Bertz CT molecular complexity index is 1130. The molecule has 0 radical (unpaired) electrons. The second-order valence-electron chi connectivity index (χ2n) is 6.32. The molecule has 0 atom stereocenters. The van der Waals surface area contributed by atoms with E-state index < -0.39 is 5.97 Å². The van der Waals surface area contributed by atoms with Gasteiger partial charge in [0.1, 0.15) is 11.4 Å². The zero-order valence-corrected chi connectivity index (χ0v) is 15.8. The molecule has 1 heterocycles. The first-order chi connectivity index (χ1) is 14.2. The lowest BCUT2D eigenvalue weighted by Crippen LogP contribution is -2.12. The van der Waals surface area contributed by atoms with E-state index in [1.54, 1.807) is 12.1 Å². The van der Waals surface area contributed by atoms with Gasteiger partial charge in [-0.05, 0) is 36.4 Å². The largest absolute Gasteiger partial charge is 0.482 e. The van der Waals surface area contributed by atoms with Crippen LogP contribution in [0.3, 0.4) is 0 Å². The van der Waals surface area contributed by atoms with Gasteiger partial charge >= 0.3 is 5.97 Å². The number of esters is 1. The molecule has 4 rings (SSSR count). The van der Waals surface area contributed by atoms with E-state index in [9.17, 15) is 4.79 Å². The maximum atomic E-state index is 11.2. The number of nitrogens with zero attached hydrogens (tertiary/aromatic N) is 2. The fraction of sp³-hybridized carbons (Fsp3) is 0.0870. The summed E-state index contributed by atoms with van der Waals surface area (Å²) in [4.78, 5) is 11.2. The maximum Gasteiger partial charge on any atom is 0.343 e. The summed E-state index contributed by atoms with van der Waals surface area (Å²) in [5.74, 6) is 0.861. The first-order valence-electron chi connectivity index (χ1n) is 9.12. The highest BCUT2D eigenvalue weighted by atomic mass is 16.6. The Balaban J connectivity index is 1.65. The number of carbonyl (C=O) groups is 1. The molecular weight excluding hydrogens is 366 g/mol. The van der Waals surface area contributed by atoms with Crippen LogP contribution >= 0.6 is 0 Å². The number of anilines is 2. The Kier molecular flexibility index (Phi) is 5.33. The smallest absolute Gasteiger partial charge is 0.343 e. The van der Waals surface area contributed by atoms with E-state index in [0.29, 0.717) is 11.6 Å². The number of aromatic nitrogens is 2. The molecule has 0 amide bonds. The fourth-order valence-electron chi connectivity index (χ4n) is 2.98. The molecule has 1 N–H and O–H groups in total. The number of ether oxygens (including phenoxy) is 2. The van der Waals surface area contributed by atoms with E-state index in [2.05, 4.69) is 20.3 Å². The number of hydrogen-bond donors (Lipinski definition) is 1. The molecule has 0 bridgehead atoms. The molecule has 144 valence electrons. The van der Waals surface area contributed by atoms with Crippen molar-refractivity contribution in [3.8, 4) is 17.0 Å². The van der Waals surface area contributed by atoms with Crippen molar-refractivity contribution >= 4 is 28.2 Å². The zero-order chi connectivity index (χ0) is 20.1. The van der Waals surface area contributed by atoms with Gasteiger partial charge in [0.15, 0.2) is 12.4 Å². The number of para-hydroxylation sites is 1. The quantitative estimate of drug-likeness (QED) is 0.489. The highest BCUT2D eigenvalue weighted by molar-refractivity contribution is 6.00. The van der Waals surface area contributed by atoms with E-state index in [1.165, 1.54) is 7.11 Å². The summed E-state index contributed by atoms with van der Waals surface area (Å²) in [6.07, 6.45) is 0. The van der Waals surface area contributed by atoms with Gasteiger partial charge in [0.05, 0.1) is 7.11 Å². The average Bonchev–Trinajstić information content (AvgIpc) is 2.79. The Morgan fingerprint density at radius 2 is 1.55 bits per heavy atom. The van der Waals surface area contributed by atoms with Gasteiger partial charge in [-0.1, -0.05) is 42.5 Å². The second kappa shape index (κ2) is 8.39. The minimum atomic E-state index is -0.424. The molecule has 29 heavy (non-hydrogen) atoms. The Morgan fingerprint density at radius 1 is 0.862 bits per heavy atom. The normalized spacial score (nSPS) is 10.5. The summed E-state index contributed by atoms with van der Waals surface area (Å²) in [5.41, 5.74) is 2.64. The molecule has 6 nitrogen and oxygen atoms in total. The molecule has 0 saturated carbocycles. The van der Waals surface area contributed by atoms with E-state index in [-0.39, 0.29) is 6.61 Å². The van der Waals surface area contributed by atoms with Crippen LogP contribution in [0.4, 0.5) is 11.5 Å². The van der Waals surface area contributed by atoms with E-state index in [0.717, 1.165) is 27.7 Å². The lowest BCUT2D eigenvalue weighted by molar-refractivity contribution is -0.142. The molecule has 3 aromatic carbocycles. The Hall–Kier alpha value is -3.93. The summed E-state index contributed by atoms with van der Waals surface area (Å²) < 4.78 is 9.98. The Labute approximate surface area is 168 Å². The van der Waals surface area contributed by atoms with Crippen LogP contribution in [0, 0.1) is 0 Å². The third kappa shape index (κ3) is 4.16. The van der Waals surface area contributed by atoms with E-state index >= 15 is 0 Å². The van der Waals surface area contributed by atoms with Crippen LogP contribution in [-0.4, -0.2) is 29.9 Å². The summed E-state index contributed by atoms with van der Waals surface area (Å²) in [5, 5.41) is 14.2. The topological polar surface area (TPSA) is 73.3 Å². The van der Waals surface area contributed by atoms with Crippen molar-refractivity contribution in [2.45, 2.75) is 0 Å². The molecule has 0 unspecified atom stereocenters. The molecule has 4 aromatic rings. The predicted molar refractivity (Wildman–Crippen MR) is 112 cm³/mol. The molecule has 0 aliphatic heterocycles. The standard InChI is InChI=1S/C23H19N3O3/c1-28-21(27)15-29-18-13-11-16(12-14-18)22-19-9-5-6-10-20(19)23(26-25-22)24-17-7-3-2-4-8-17/h2-14H,15H2,1H3,(H,24,26). The lowest BCUT2D eigenvalue weighted by atomic mass is 10.0. The molecule has 0 spiro atoms. The van der Waals surface area contributed by atoms with E-state index in [4.69, 9.17) is 4.74 Å². The molecule has 0 fully saturated rings. The number of nitrogens with one attached hydrogen (secondary N) is 1. The molecule has 1 aromatic heterocycles. The van der Waals surface area contributed by atoms with Gasteiger partial charge in [-0.3, -0.25) is 0 Å². The van der Waals surface area contributed by atoms with E-state index in [1.807, 2.05) is 66.7 Å². The summed E-state index contributed by atoms with van der Waals surface area (Å²) in [6, 6.07) is 25.3. The van der Waals surface area contributed by atoms with Gasteiger partial charge in [0.25, 0.3) is 0 Å². The van der Waals surface area contributed by atoms with Crippen molar-refractivity contribution in [3.63, 3.8) is 0 Å². The summed E-state index contributed by atoms with van der Waals surface area (Å²) in [7, 11) is 1.33. The zero-order valence-electron chi connectivity index (χ0n) is 15.8. The van der Waals surface area contributed by atoms with Crippen molar-refractivity contribution in [3.05, 3.63) is 78.9 Å². The van der Waals surface area contributed by atoms with Crippen molar-refractivity contribution in [1.29, 1.82) is 0 Å². The van der Waals surface area contributed by atoms with Gasteiger partial charge in [-0.25, -0.2) is 4.79 Å². The summed E-state index contributed by atoms with van der Waals surface area (Å²) >= 11 is 0.